The SMILES string of the molecule is CN(C)Cc1nc2ccccc2n1CC(=O)N1CCCCCC1. The third kappa shape index (κ3) is 3.72. The van der Waals surface area contributed by atoms with Crippen molar-refractivity contribution in [1.82, 2.24) is 19.4 Å². The van der Waals surface area contributed by atoms with E-state index in [1.165, 1.54) is 12.8 Å². The summed E-state index contributed by atoms with van der Waals surface area (Å²) in [6, 6.07) is 8.07. The molecule has 1 aromatic heterocycles. The molecule has 0 atom stereocenters. The highest BCUT2D eigenvalue weighted by atomic mass is 16.2. The van der Waals surface area contributed by atoms with Gasteiger partial charge in [-0.2, -0.15) is 0 Å². The standard InChI is InChI=1S/C18H26N4O/c1-20(2)13-17-19-15-9-5-6-10-16(15)22(17)14-18(23)21-11-7-3-4-8-12-21/h5-6,9-10H,3-4,7-8,11-14H2,1-2H3. The van der Waals surface area contributed by atoms with Crippen LogP contribution in [0.15, 0.2) is 24.3 Å². The molecule has 5 nitrogen and oxygen atoms in total. The lowest BCUT2D eigenvalue weighted by atomic mass is 10.2. The zero-order chi connectivity index (χ0) is 16.2. The molecule has 2 aromatic rings. The molecule has 0 aliphatic carbocycles. The van der Waals surface area contributed by atoms with Crippen LogP contribution in [0.25, 0.3) is 11.0 Å². The molecule has 124 valence electrons. The fourth-order valence-corrected chi connectivity index (χ4v) is 3.26. The lowest BCUT2D eigenvalue weighted by Crippen LogP contribution is -2.35. The molecular weight excluding hydrogens is 288 g/mol. The van der Waals surface area contributed by atoms with Gasteiger partial charge in [0.15, 0.2) is 0 Å². The lowest BCUT2D eigenvalue weighted by Gasteiger charge is -2.21. The predicted octanol–water partition coefficient (Wildman–Crippen LogP) is 2.50. The van der Waals surface area contributed by atoms with E-state index in [1.54, 1.807) is 0 Å². The number of nitrogens with zero attached hydrogens (tertiary/aromatic N) is 4. The Bertz CT molecular complexity index is 669. The Morgan fingerprint density at radius 2 is 1.83 bits per heavy atom. The maximum Gasteiger partial charge on any atom is 0.242 e. The highest BCUT2D eigenvalue weighted by molar-refractivity contribution is 5.81. The molecule has 5 heteroatoms. The molecule has 2 heterocycles. The molecule has 23 heavy (non-hydrogen) atoms. The van der Waals surface area contributed by atoms with Crippen molar-refractivity contribution in [3.8, 4) is 0 Å². The van der Waals surface area contributed by atoms with E-state index in [1.807, 2.05) is 37.2 Å². The molecule has 0 saturated carbocycles. The second-order valence-corrected chi connectivity index (χ2v) is 6.64. The van der Waals surface area contributed by atoms with Crippen LogP contribution in [-0.4, -0.2) is 52.4 Å². The van der Waals surface area contributed by atoms with Crippen molar-refractivity contribution in [2.45, 2.75) is 38.8 Å². The molecule has 0 radical (unpaired) electrons. The number of aromatic nitrogens is 2. The molecular formula is C18H26N4O. The van der Waals surface area contributed by atoms with Gasteiger partial charge in [0.05, 0.1) is 17.6 Å². The van der Waals surface area contributed by atoms with Crippen LogP contribution in [0.3, 0.4) is 0 Å². The quantitative estimate of drug-likeness (QED) is 0.871. The van der Waals surface area contributed by atoms with Gasteiger partial charge in [-0.3, -0.25) is 4.79 Å². The second-order valence-electron chi connectivity index (χ2n) is 6.64. The van der Waals surface area contributed by atoms with Crippen LogP contribution in [0.5, 0.6) is 0 Å². The van der Waals surface area contributed by atoms with Gasteiger partial charge >= 0.3 is 0 Å². The number of fused-ring (bicyclic) bond motifs is 1. The average molecular weight is 314 g/mol. The average Bonchev–Trinajstić information content (AvgIpc) is 2.72. The number of carbonyl (C=O) groups is 1. The molecule has 0 unspecified atom stereocenters. The van der Waals surface area contributed by atoms with Gasteiger partial charge in [-0.1, -0.05) is 25.0 Å². The van der Waals surface area contributed by atoms with Gasteiger partial charge in [0, 0.05) is 13.1 Å². The first-order chi connectivity index (χ1) is 11.1. The van der Waals surface area contributed by atoms with Gasteiger partial charge < -0.3 is 14.4 Å². The van der Waals surface area contributed by atoms with Crippen LogP contribution in [-0.2, 0) is 17.9 Å². The van der Waals surface area contributed by atoms with Crippen molar-refractivity contribution in [3.63, 3.8) is 0 Å². The molecule has 1 fully saturated rings. The van der Waals surface area contributed by atoms with Gasteiger partial charge in [0.2, 0.25) is 5.91 Å². The Balaban J connectivity index is 1.86. The Morgan fingerprint density at radius 3 is 2.52 bits per heavy atom. The van der Waals surface area contributed by atoms with Gasteiger partial charge in [-0.15, -0.1) is 0 Å². The maximum absolute atomic E-state index is 12.8. The summed E-state index contributed by atoms with van der Waals surface area (Å²) in [6.45, 7) is 2.93. The van der Waals surface area contributed by atoms with Crippen LogP contribution in [0, 0.1) is 0 Å². The van der Waals surface area contributed by atoms with Crippen LogP contribution >= 0.6 is 0 Å². The zero-order valence-electron chi connectivity index (χ0n) is 14.2. The van der Waals surface area contributed by atoms with E-state index in [0.29, 0.717) is 6.54 Å². The number of benzene rings is 1. The Morgan fingerprint density at radius 1 is 1.13 bits per heavy atom. The van der Waals surface area contributed by atoms with E-state index in [-0.39, 0.29) is 5.91 Å². The number of hydrogen-bond acceptors (Lipinski definition) is 3. The number of para-hydroxylation sites is 2. The van der Waals surface area contributed by atoms with Crippen LogP contribution < -0.4 is 0 Å². The molecule has 1 aliphatic heterocycles. The first-order valence-corrected chi connectivity index (χ1v) is 8.52. The highest BCUT2D eigenvalue weighted by Crippen LogP contribution is 2.18. The van der Waals surface area contributed by atoms with Crippen molar-refractivity contribution in [1.29, 1.82) is 0 Å². The van der Waals surface area contributed by atoms with E-state index in [4.69, 9.17) is 4.98 Å². The fourth-order valence-electron chi connectivity index (χ4n) is 3.26. The smallest absolute Gasteiger partial charge is 0.242 e. The zero-order valence-corrected chi connectivity index (χ0v) is 14.2. The Kier molecular flexibility index (Phi) is 4.96. The number of rotatable bonds is 4. The molecule has 1 amide bonds. The summed E-state index contributed by atoms with van der Waals surface area (Å²) in [5.74, 6) is 1.18. The summed E-state index contributed by atoms with van der Waals surface area (Å²) < 4.78 is 2.09. The van der Waals surface area contributed by atoms with E-state index >= 15 is 0 Å². The number of amides is 1. The van der Waals surface area contributed by atoms with Gasteiger partial charge in [-0.25, -0.2) is 4.98 Å². The van der Waals surface area contributed by atoms with Crippen molar-refractivity contribution in [2.24, 2.45) is 0 Å². The van der Waals surface area contributed by atoms with Crippen LogP contribution in [0.2, 0.25) is 0 Å². The monoisotopic (exact) mass is 314 g/mol. The van der Waals surface area contributed by atoms with E-state index in [9.17, 15) is 4.79 Å². The molecule has 1 saturated heterocycles. The molecule has 0 N–H and O–H groups in total. The first kappa shape index (κ1) is 16.0. The Labute approximate surface area is 137 Å². The van der Waals surface area contributed by atoms with Crippen molar-refractivity contribution in [3.05, 3.63) is 30.1 Å². The lowest BCUT2D eigenvalue weighted by molar-refractivity contribution is -0.131. The fraction of sp³-hybridized carbons (Fsp3) is 0.556. The number of imidazole rings is 1. The van der Waals surface area contributed by atoms with Gasteiger partial charge in [0.25, 0.3) is 0 Å². The summed E-state index contributed by atoms with van der Waals surface area (Å²) in [5, 5.41) is 0. The van der Waals surface area contributed by atoms with Crippen molar-refractivity contribution in [2.75, 3.05) is 27.2 Å². The summed E-state index contributed by atoms with van der Waals surface area (Å²) in [6.07, 6.45) is 4.73. The molecule has 1 aliphatic rings. The van der Waals surface area contributed by atoms with Crippen LogP contribution in [0.4, 0.5) is 0 Å². The third-order valence-corrected chi connectivity index (χ3v) is 4.44. The van der Waals surface area contributed by atoms with E-state index in [2.05, 4.69) is 15.5 Å². The van der Waals surface area contributed by atoms with Crippen LogP contribution in [0.1, 0.15) is 31.5 Å². The van der Waals surface area contributed by atoms with Gasteiger partial charge in [0.1, 0.15) is 12.4 Å². The predicted molar refractivity (Wildman–Crippen MR) is 92.2 cm³/mol. The molecule has 1 aromatic carbocycles. The molecule has 0 bridgehead atoms. The number of hydrogen-bond donors (Lipinski definition) is 0. The third-order valence-electron chi connectivity index (χ3n) is 4.44. The minimum atomic E-state index is 0.218. The molecule has 3 rings (SSSR count). The van der Waals surface area contributed by atoms with E-state index in [0.717, 1.165) is 49.3 Å². The highest BCUT2D eigenvalue weighted by Gasteiger charge is 2.19. The first-order valence-electron chi connectivity index (χ1n) is 8.52. The summed E-state index contributed by atoms with van der Waals surface area (Å²) in [7, 11) is 4.06. The summed E-state index contributed by atoms with van der Waals surface area (Å²) >= 11 is 0. The minimum absolute atomic E-state index is 0.218. The normalized spacial score (nSPS) is 16.0. The van der Waals surface area contributed by atoms with Gasteiger partial charge in [-0.05, 0) is 39.1 Å². The summed E-state index contributed by atoms with van der Waals surface area (Å²) in [5.41, 5.74) is 2.01. The number of likely N-dealkylation sites (tertiary alicyclic amines) is 1. The maximum atomic E-state index is 12.8. The van der Waals surface area contributed by atoms with E-state index < -0.39 is 0 Å². The summed E-state index contributed by atoms with van der Waals surface area (Å²) in [4.78, 5) is 21.6. The molecule has 0 spiro atoms. The van der Waals surface area contributed by atoms with Crippen molar-refractivity contribution >= 4 is 16.9 Å². The minimum Gasteiger partial charge on any atom is -0.341 e. The Hall–Kier alpha value is -1.88. The topological polar surface area (TPSA) is 41.4 Å². The largest absolute Gasteiger partial charge is 0.341 e. The second kappa shape index (κ2) is 7.13. The van der Waals surface area contributed by atoms with Crippen molar-refractivity contribution < 1.29 is 4.79 Å². The number of carbonyl (C=O) groups excluding carboxylic acids is 1.